The molecule has 0 fully saturated rings. The van der Waals surface area contributed by atoms with Crippen molar-refractivity contribution in [3.63, 3.8) is 0 Å². The molecule has 0 saturated carbocycles. The first-order valence-electron chi connectivity index (χ1n) is 16.4. The maximum atomic E-state index is 14.4. The molecule has 56 heavy (non-hydrogen) atoms. The number of nitrogens with one attached hydrogen (secondary N) is 2. The van der Waals surface area contributed by atoms with Crippen molar-refractivity contribution in [1.29, 1.82) is 0 Å². The molecular formula is C35H31N3O14S4. The molecule has 0 atom stereocenters. The van der Waals surface area contributed by atoms with Gasteiger partial charge in [-0.1, -0.05) is 68.4 Å². The van der Waals surface area contributed by atoms with E-state index in [-0.39, 0.29) is 34.9 Å². The van der Waals surface area contributed by atoms with Gasteiger partial charge in [0.05, 0.1) is 38.7 Å². The second-order valence-electron chi connectivity index (χ2n) is 12.5. The Bertz CT molecular complexity index is 3010. The molecule has 0 unspecified atom stereocenters. The number of carbonyl (C=O) groups is 2. The first kappa shape index (κ1) is 40.5. The number of H-pyrrole nitrogens is 1. The van der Waals surface area contributed by atoms with Gasteiger partial charge in [-0.2, -0.15) is 25.3 Å². The third-order valence-electron chi connectivity index (χ3n) is 9.24. The van der Waals surface area contributed by atoms with Crippen molar-refractivity contribution >= 4 is 74.0 Å². The summed E-state index contributed by atoms with van der Waals surface area (Å²) in [5.74, 6) is -2.47. The lowest BCUT2D eigenvalue weighted by atomic mass is 9.80. The summed E-state index contributed by atoms with van der Waals surface area (Å²) in [6.45, 7) is 4.14. The zero-order chi connectivity index (χ0) is 41.1. The Balaban J connectivity index is 1.74. The third-order valence-corrected chi connectivity index (χ3v) is 13.8. The summed E-state index contributed by atoms with van der Waals surface area (Å²) >= 11 is 0. The first-order chi connectivity index (χ1) is 26.1. The second kappa shape index (κ2) is 14.4. The number of ketones is 2. The van der Waals surface area contributed by atoms with Crippen LogP contribution in [0.25, 0.3) is 22.0 Å². The van der Waals surface area contributed by atoms with Crippen molar-refractivity contribution in [2.45, 2.75) is 33.4 Å². The van der Waals surface area contributed by atoms with Gasteiger partial charge in [0, 0.05) is 28.6 Å². The highest BCUT2D eigenvalue weighted by Gasteiger charge is 2.37. The number of pyridine rings is 1. The topological polar surface area (TPSA) is 280 Å². The standard InChI is InChI=1S/C35H31N3O14S4/c1-3-38(4-2)14-15-53(42,43)25-16-22(24(54(44,45)46)18-26(25)55(47,48)49)36-23-17-27(56(50,51)52)32-30-28(20-12-8-9-13-21(20)34(40)29(23)30)31(35(41)37-32)33(39)19-10-6-5-7-11-19/h5-13,16-18,36H,3-4,14-15H2,1-2H3,(H,37,41)(H,44,45,46)(H,47,48,49)(H,50,51,52). The van der Waals surface area contributed by atoms with Crippen LogP contribution in [-0.2, 0) is 40.2 Å². The molecule has 5 N–H and O–H groups in total. The van der Waals surface area contributed by atoms with Crippen LogP contribution in [0.4, 0.5) is 11.4 Å². The average Bonchev–Trinajstić information content (AvgIpc) is 3.12. The number of hydrogen-bond acceptors (Lipinski definition) is 13. The lowest BCUT2D eigenvalue weighted by Gasteiger charge is -2.25. The van der Waals surface area contributed by atoms with Crippen LogP contribution in [0.5, 0.6) is 0 Å². The van der Waals surface area contributed by atoms with Crippen molar-refractivity contribution < 1.29 is 56.9 Å². The molecule has 1 aromatic heterocycles. The molecule has 1 heterocycles. The fourth-order valence-corrected chi connectivity index (χ4v) is 10.6. The second-order valence-corrected chi connectivity index (χ2v) is 18.8. The molecule has 5 aromatic rings. The van der Waals surface area contributed by atoms with Crippen LogP contribution in [-0.4, -0.2) is 94.2 Å². The summed E-state index contributed by atoms with van der Waals surface area (Å²) in [6, 6.07) is 14.4. The van der Waals surface area contributed by atoms with Gasteiger partial charge in [-0.25, -0.2) is 8.42 Å². The molecule has 0 aliphatic heterocycles. The Kier molecular flexibility index (Phi) is 10.4. The highest BCUT2D eigenvalue weighted by molar-refractivity contribution is 7.93. The molecule has 0 saturated heterocycles. The van der Waals surface area contributed by atoms with E-state index in [0.717, 1.165) is 0 Å². The average molecular weight is 846 g/mol. The van der Waals surface area contributed by atoms with Gasteiger partial charge in [-0.05, 0) is 36.9 Å². The number of sulfone groups is 1. The predicted molar refractivity (Wildman–Crippen MR) is 202 cm³/mol. The molecule has 0 bridgehead atoms. The number of carbonyl (C=O) groups excluding carboxylic acids is 2. The molecule has 0 amide bonds. The quantitative estimate of drug-likeness (QED) is 0.0821. The Labute approximate surface area is 320 Å². The molecule has 1 aliphatic carbocycles. The fourth-order valence-electron chi connectivity index (χ4n) is 6.58. The molecule has 6 rings (SSSR count). The minimum Gasteiger partial charge on any atom is -0.354 e. The molecule has 4 aromatic carbocycles. The number of fused-ring (bicyclic) bond motifs is 2. The van der Waals surface area contributed by atoms with Crippen LogP contribution in [0.2, 0.25) is 0 Å². The van der Waals surface area contributed by atoms with Crippen molar-refractivity contribution in [3.05, 3.63) is 105 Å². The SMILES string of the molecule is CCN(CC)CCS(=O)(=O)c1cc(Nc2cc(S(=O)(=O)O)c3[nH]c(=O)c(C(=O)c4ccccc4)c4c3c2C(=O)c2ccccc2-4)c(S(=O)(=O)O)cc1S(=O)(=O)O. The smallest absolute Gasteiger partial charge is 0.296 e. The molecule has 0 spiro atoms. The summed E-state index contributed by atoms with van der Waals surface area (Å²) in [6.07, 6.45) is 0. The van der Waals surface area contributed by atoms with E-state index in [0.29, 0.717) is 25.2 Å². The van der Waals surface area contributed by atoms with Crippen LogP contribution >= 0.6 is 0 Å². The number of hydrogen-bond donors (Lipinski definition) is 5. The monoisotopic (exact) mass is 845 g/mol. The zero-order valence-corrected chi connectivity index (χ0v) is 32.4. The number of anilines is 2. The summed E-state index contributed by atoms with van der Waals surface area (Å²) in [4.78, 5) is 41.2. The number of aromatic amines is 1. The van der Waals surface area contributed by atoms with Gasteiger partial charge in [0.15, 0.2) is 21.4 Å². The van der Waals surface area contributed by atoms with E-state index >= 15 is 0 Å². The Hall–Kier alpha value is -5.13. The van der Waals surface area contributed by atoms with Crippen molar-refractivity contribution in [3.8, 4) is 11.1 Å². The highest BCUT2D eigenvalue weighted by atomic mass is 32.2. The van der Waals surface area contributed by atoms with Gasteiger partial charge in [-0.3, -0.25) is 28.0 Å². The summed E-state index contributed by atoms with van der Waals surface area (Å²) in [7, 11) is -21.1. The van der Waals surface area contributed by atoms with Gasteiger partial charge in [0.1, 0.15) is 14.7 Å². The molecule has 0 radical (unpaired) electrons. The summed E-state index contributed by atoms with van der Waals surface area (Å²) in [5.41, 5.74) is -4.68. The van der Waals surface area contributed by atoms with Crippen LogP contribution in [0.15, 0.2) is 97.2 Å². The van der Waals surface area contributed by atoms with Crippen molar-refractivity contribution in [1.82, 2.24) is 9.88 Å². The van der Waals surface area contributed by atoms with E-state index in [4.69, 9.17) is 0 Å². The number of aromatic nitrogens is 1. The minimum absolute atomic E-state index is 0.0107. The van der Waals surface area contributed by atoms with Gasteiger partial charge in [-0.15, -0.1) is 0 Å². The van der Waals surface area contributed by atoms with Gasteiger partial charge in [0.2, 0.25) is 0 Å². The van der Waals surface area contributed by atoms with E-state index in [1.54, 1.807) is 24.8 Å². The van der Waals surface area contributed by atoms with E-state index in [1.165, 1.54) is 48.5 Å². The molecule has 294 valence electrons. The van der Waals surface area contributed by atoms with Crippen LogP contribution in [0.1, 0.15) is 45.7 Å². The van der Waals surface area contributed by atoms with E-state index in [1.807, 2.05) is 0 Å². The Morgan fingerprint density at radius 3 is 1.80 bits per heavy atom. The summed E-state index contributed by atoms with van der Waals surface area (Å²) in [5, 5.41) is 2.03. The minimum atomic E-state index is -5.53. The van der Waals surface area contributed by atoms with Gasteiger partial charge >= 0.3 is 0 Å². The number of rotatable bonds is 13. The Morgan fingerprint density at radius 2 is 1.23 bits per heavy atom. The first-order valence-corrected chi connectivity index (χ1v) is 22.4. The maximum Gasteiger partial charge on any atom is 0.296 e. The third kappa shape index (κ3) is 7.30. The number of nitrogens with zero attached hydrogens (tertiary/aromatic N) is 1. The zero-order valence-electron chi connectivity index (χ0n) is 29.2. The van der Waals surface area contributed by atoms with Gasteiger partial charge < -0.3 is 15.2 Å². The predicted octanol–water partition coefficient (Wildman–Crippen LogP) is 3.57. The van der Waals surface area contributed by atoms with Crippen molar-refractivity contribution in [2.24, 2.45) is 0 Å². The molecular weight excluding hydrogens is 815 g/mol. The molecule has 1 aliphatic rings. The summed E-state index contributed by atoms with van der Waals surface area (Å²) < 4.78 is 135. The van der Waals surface area contributed by atoms with Crippen molar-refractivity contribution in [2.75, 3.05) is 30.7 Å². The fraction of sp³-hybridized carbons (Fsp3) is 0.171. The molecule has 17 nitrogen and oxygen atoms in total. The normalized spacial score (nSPS) is 13.2. The highest BCUT2D eigenvalue weighted by Crippen LogP contribution is 2.46. The van der Waals surface area contributed by atoms with Crippen LogP contribution in [0, 0.1) is 0 Å². The number of benzene rings is 4. The van der Waals surface area contributed by atoms with Crippen LogP contribution < -0.4 is 10.9 Å². The van der Waals surface area contributed by atoms with Crippen LogP contribution in [0.3, 0.4) is 0 Å². The lowest BCUT2D eigenvalue weighted by molar-refractivity contribution is 0.102. The Morgan fingerprint density at radius 1 is 0.679 bits per heavy atom. The largest absolute Gasteiger partial charge is 0.354 e. The molecule has 21 heteroatoms. The van der Waals surface area contributed by atoms with Gasteiger partial charge in [0.25, 0.3) is 35.9 Å². The lowest BCUT2D eigenvalue weighted by Crippen LogP contribution is -2.29. The maximum absolute atomic E-state index is 14.4. The van der Waals surface area contributed by atoms with E-state index < -0.39 is 116 Å². The van der Waals surface area contributed by atoms with E-state index in [2.05, 4.69) is 10.3 Å². The van der Waals surface area contributed by atoms with E-state index in [9.17, 15) is 61.7 Å².